The molecule has 1 saturated heterocycles. The normalized spacial score (nSPS) is 20.6. The molecular weight excluding hydrogens is 510 g/mol. The Kier molecular flexibility index (Phi) is 7.11. The maximum Gasteiger partial charge on any atom is 0.277 e. The fourth-order valence-corrected chi connectivity index (χ4v) is 5.91. The third-order valence-corrected chi connectivity index (χ3v) is 8.17. The smallest absolute Gasteiger partial charge is 0.277 e. The topological polar surface area (TPSA) is 140 Å². The predicted octanol–water partition coefficient (Wildman–Crippen LogP) is 3.36. The minimum atomic E-state index is -0.387. The number of hydrogen-bond donors (Lipinski definition) is 2. The summed E-state index contributed by atoms with van der Waals surface area (Å²) < 4.78 is 12.7. The van der Waals surface area contributed by atoms with Crippen molar-refractivity contribution < 1.29 is 14.1 Å². The van der Waals surface area contributed by atoms with Crippen LogP contribution in [0.15, 0.2) is 35.1 Å². The molecule has 1 saturated carbocycles. The Labute approximate surface area is 232 Å². The summed E-state index contributed by atoms with van der Waals surface area (Å²) in [6.07, 6.45) is 5.85. The van der Waals surface area contributed by atoms with Crippen molar-refractivity contribution in [1.29, 1.82) is 0 Å². The number of fused-ring (bicyclic) bond motifs is 1. The average Bonchev–Trinajstić information content (AvgIpc) is 3.59. The number of hydrogen-bond acceptors (Lipinski definition) is 10. The highest BCUT2D eigenvalue weighted by Gasteiger charge is 2.31. The van der Waals surface area contributed by atoms with E-state index in [2.05, 4.69) is 37.3 Å². The van der Waals surface area contributed by atoms with E-state index < -0.39 is 0 Å². The number of rotatable bonds is 6. The summed E-state index contributed by atoms with van der Waals surface area (Å²) in [5.74, 6) is 1.04. The van der Waals surface area contributed by atoms with Crippen LogP contribution in [0.4, 0.5) is 11.5 Å². The van der Waals surface area contributed by atoms with Crippen molar-refractivity contribution in [1.82, 2.24) is 34.7 Å². The van der Waals surface area contributed by atoms with Gasteiger partial charge in [-0.2, -0.15) is 5.10 Å². The van der Waals surface area contributed by atoms with Crippen molar-refractivity contribution in [2.24, 2.45) is 0 Å². The highest BCUT2D eigenvalue weighted by Crippen LogP contribution is 2.39. The van der Waals surface area contributed by atoms with Gasteiger partial charge in [-0.1, -0.05) is 11.2 Å². The Balaban J connectivity index is 1.26. The number of nitrogens with zero attached hydrogens (tertiary/aromatic N) is 7. The quantitative estimate of drug-likeness (QED) is 0.370. The summed E-state index contributed by atoms with van der Waals surface area (Å²) in [5.41, 5.74) is 9.31. The highest BCUT2D eigenvalue weighted by atomic mass is 16.5. The SMILES string of the molecule is COc1cc(-c2nn(C3CCC(N4CCN(C)CC4)CC3)c3ncnc(N)c23)ccc1NC(=O)c1cc(C)on1. The zero-order valence-corrected chi connectivity index (χ0v) is 23.1. The van der Waals surface area contributed by atoms with E-state index in [0.29, 0.717) is 34.8 Å². The van der Waals surface area contributed by atoms with Crippen molar-refractivity contribution in [3.8, 4) is 17.0 Å². The molecular formula is C28H35N9O3. The summed E-state index contributed by atoms with van der Waals surface area (Å²) in [7, 11) is 3.75. The number of aryl methyl sites for hydroxylation is 1. The standard InChI is InChI=1S/C28H35N9O3/c1-17-14-22(34-40-17)28(38)32-21-9-4-18(15-23(21)39-3)25-24-26(29)30-16-31-27(24)37(33-25)20-7-5-19(6-8-20)36-12-10-35(2)11-13-36/h4,9,14-16,19-20H,5-8,10-13H2,1-3H3,(H,32,38)(H2,29,30,31). The Morgan fingerprint density at radius 1 is 1.07 bits per heavy atom. The molecule has 4 aromatic rings. The number of likely N-dealkylation sites (N-methyl/N-ethyl adjacent to an activating group) is 1. The summed E-state index contributed by atoms with van der Waals surface area (Å²) in [6, 6.07) is 7.95. The number of benzene rings is 1. The fourth-order valence-electron chi connectivity index (χ4n) is 5.91. The van der Waals surface area contributed by atoms with Crippen molar-refractivity contribution >= 4 is 28.4 Å². The molecule has 3 aromatic heterocycles. The molecule has 1 amide bonds. The first-order valence-corrected chi connectivity index (χ1v) is 13.8. The lowest BCUT2D eigenvalue weighted by Gasteiger charge is -2.41. The van der Waals surface area contributed by atoms with Gasteiger partial charge in [0.25, 0.3) is 5.91 Å². The summed E-state index contributed by atoms with van der Waals surface area (Å²) in [6.45, 7) is 6.28. The molecule has 1 aliphatic heterocycles. The molecule has 1 aromatic carbocycles. The highest BCUT2D eigenvalue weighted by molar-refractivity contribution is 6.04. The van der Waals surface area contributed by atoms with E-state index in [4.69, 9.17) is 20.1 Å². The Bertz CT molecular complexity index is 1510. The van der Waals surface area contributed by atoms with Gasteiger partial charge < -0.3 is 25.2 Å². The van der Waals surface area contributed by atoms with E-state index in [1.807, 2.05) is 16.8 Å². The molecule has 6 rings (SSSR count). The maximum absolute atomic E-state index is 12.6. The number of piperazine rings is 1. The van der Waals surface area contributed by atoms with E-state index in [9.17, 15) is 4.79 Å². The third-order valence-electron chi connectivity index (χ3n) is 8.17. The van der Waals surface area contributed by atoms with E-state index in [0.717, 1.165) is 68.5 Å². The second-order valence-corrected chi connectivity index (χ2v) is 10.7. The minimum Gasteiger partial charge on any atom is -0.495 e. The first-order valence-electron chi connectivity index (χ1n) is 13.8. The Hall–Kier alpha value is -4.03. The van der Waals surface area contributed by atoms with Crippen molar-refractivity contribution in [3.63, 3.8) is 0 Å². The molecule has 12 nitrogen and oxygen atoms in total. The van der Waals surface area contributed by atoms with Gasteiger partial charge in [0.15, 0.2) is 11.3 Å². The molecule has 0 atom stereocenters. The summed E-state index contributed by atoms with van der Waals surface area (Å²) in [5, 5.41) is 12.4. The number of amides is 1. The number of nitrogens with one attached hydrogen (secondary N) is 1. The molecule has 3 N–H and O–H groups in total. The number of aromatic nitrogens is 5. The number of anilines is 2. The summed E-state index contributed by atoms with van der Waals surface area (Å²) in [4.78, 5) is 26.6. The van der Waals surface area contributed by atoms with Crippen LogP contribution < -0.4 is 15.8 Å². The van der Waals surface area contributed by atoms with Gasteiger partial charge in [0.2, 0.25) is 0 Å². The van der Waals surface area contributed by atoms with Crippen LogP contribution in [0, 0.1) is 6.92 Å². The number of nitrogen functional groups attached to an aromatic ring is 1. The fraction of sp³-hybridized carbons (Fsp3) is 0.464. The zero-order valence-electron chi connectivity index (χ0n) is 23.1. The van der Waals surface area contributed by atoms with Crippen LogP contribution in [0.3, 0.4) is 0 Å². The average molecular weight is 546 g/mol. The van der Waals surface area contributed by atoms with E-state index in [1.54, 1.807) is 26.2 Å². The lowest BCUT2D eigenvalue weighted by Crippen LogP contribution is -2.49. The Morgan fingerprint density at radius 2 is 1.82 bits per heavy atom. The predicted molar refractivity (Wildman–Crippen MR) is 151 cm³/mol. The van der Waals surface area contributed by atoms with Gasteiger partial charge in [-0.25, -0.2) is 14.6 Å². The number of ether oxygens (including phenoxy) is 1. The van der Waals surface area contributed by atoms with Crippen LogP contribution in [-0.2, 0) is 0 Å². The zero-order chi connectivity index (χ0) is 27.8. The summed E-state index contributed by atoms with van der Waals surface area (Å²) >= 11 is 0. The van der Waals surface area contributed by atoms with Gasteiger partial charge in [-0.05, 0) is 51.8 Å². The maximum atomic E-state index is 12.6. The molecule has 0 bridgehead atoms. The molecule has 0 spiro atoms. The van der Waals surface area contributed by atoms with Crippen molar-refractivity contribution in [2.75, 3.05) is 51.4 Å². The second kappa shape index (κ2) is 10.9. The van der Waals surface area contributed by atoms with E-state index in [-0.39, 0.29) is 17.6 Å². The second-order valence-electron chi connectivity index (χ2n) is 10.7. The van der Waals surface area contributed by atoms with Gasteiger partial charge >= 0.3 is 0 Å². The van der Waals surface area contributed by atoms with Gasteiger partial charge in [0.1, 0.15) is 29.3 Å². The van der Waals surface area contributed by atoms with Crippen LogP contribution in [0.1, 0.15) is 48.0 Å². The van der Waals surface area contributed by atoms with Crippen molar-refractivity contribution in [3.05, 3.63) is 42.0 Å². The van der Waals surface area contributed by atoms with Gasteiger partial charge in [-0.15, -0.1) is 0 Å². The molecule has 1 aliphatic carbocycles. The molecule has 2 fully saturated rings. The third kappa shape index (κ3) is 5.00. The van der Waals surface area contributed by atoms with Gasteiger partial charge in [-0.3, -0.25) is 9.69 Å². The molecule has 4 heterocycles. The van der Waals surface area contributed by atoms with Crippen LogP contribution in [-0.4, -0.2) is 87.0 Å². The van der Waals surface area contributed by atoms with Crippen LogP contribution in [0.2, 0.25) is 0 Å². The number of nitrogens with two attached hydrogens (primary N) is 1. The first kappa shape index (κ1) is 26.2. The van der Waals surface area contributed by atoms with Gasteiger partial charge in [0.05, 0.1) is 24.2 Å². The number of methoxy groups -OCH3 is 1. The Morgan fingerprint density at radius 3 is 2.52 bits per heavy atom. The number of carbonyl (C=O) groups excluding carboxylic acids is 1. The molecule has 12 heteroatoms. The lowest BCUT2D eigenvalue weighted by molar-refractivity contribution is 0.0815. The van der Waals surface area contributed by atoms with Crippen LogP contribution in [0.5, 0.6) is 5.75 Å². The van der Waals surface area contributed by atoms with Crippen LogP contribution >= 0.6 is 0 Å². The van der Waals surface area contributed by atoms with E-state index >= 15 is 0 Å². The first-order chi connectivity index (χ1) is 19.4. The largest absolute Gasteiger partial charge is 0.495 e. The molecule has 0 unspecified atom stereocenters. The van der Waals surface area contributed by atoms with Crippen LogP contribution in [0.25, 0.3) is 22.3 Å². The molecule has 0 radical (unpaired) electrons. The number of carbonyl (C=O) groups is 1. The van der Waals surface area contributed by atoms with Crippen molar-refractivity contribution in [2.45, 2.75) is 44.7 Å². The minimum absolute atomic E-state index is 0.195. The van der Waals surface area contributed by atoms with Gasteiger partial charge in [0, 0.05) is 43.9 Å². The lowest BCUT2D eigenvalue weighted by atomic mass is 9.90. The monoisotopic (exact) mass is 545 g/mol. The molecule has 210 valence electrons. The van der Waals surface area contributed by atoms with E-state index in [1.165, 1.54) is 6.33 Å². The molecule has 40 heavy (non-hydrogen) atoms. The molecule has 2 aliphatic rings.